The molecule has 0 bridgehead atoms. The smallest absolute Gasteiger partial charge is 0.162 e. The Labute approximate surface area is 99.1 Å². The molecule has 1 aromatic rings. The molecule has 0 fully saturated rings. The summed E-state index contributed by atoms with van der Waals surface area (Å²) in [4.78, 5) is 0. The molecule has 0 aliphatic carbocycles. The van der Waals surface area contributed by atoms with Crippen LogP contribution in [0.2, 0.25) is 0 Å². The van der Waals surface area contributed by atoms with Gasteiger partial charge < -0.3 is 10.5 Å². The third-order valence-electron chi connectivity index (χ3n) is 2.62. The molecule has 1 rings (SSSR count). The van der Waals surface area contributed by atoms with E-state index in [1.165, 1.54) is 6.07 Å². The Morgan fingerprint density at radius 3 is 2.53 bits per heavy atom. The Balaban J connectivity index is 2.51. The Morgan fingerprint density at radius 1 is 1.35 bits per heavy atom. The summed E-state index contributed by atoms with van der Waals surface area (Å²) in [5.74, 6) is -1.50. The minimum absolute atomic E-state index is 0.0754. The third-order valence-corrected chi connectivity index (χ3v) is 2.62. The second-order valence-corrected chi connectivity index (χ2v) is 4.47. The van der Waals surface area contributed by atoms with Gasteiger partial charge in [0.05, 0.1) is 12.4 Å². The van der Waals surface area contributed by atoms with Crippen molar-refractivity contribution in [3.63, 3.8) is 0 Å². The van der Waals surface area contributed by atoms with E-state index in [1.807, 2.05) is 13.8 Å². The van der Waals surface area contributed by atoms with Gasteiger partial charge in [0.2, 0.25) is 0 Å². The van der Waals surface area contributed by atoms with Crippen LogP contribution >= 0.6 is 0 Å². The van der Waals surface area contributed by atoms with Crippen molar-refractivity contribution in [3.8, 4) is 5.75 Å². The highest BCUT2D eigenvalue weighted by atomic mass is 19.2. The zero-order valence-corrected chi connectivity index (χ0v) is 9.89. The molecule has 3 nitrogen and oxygen atoms in total. The van der Waals surface area contributed by atoms with Gasteiger partial charge in [-0.1, -0.05) is 13.8 Å². The summed E-state index contributed by atoms with van der Waals surface area (Å²) in [7, 11) is 0. The number of nitrogens with one attached hydrogen (secondary N) is 1. The monoisotopic (exact) mass is 242 g/mol. The van der Waals surface area contributed by atoms with Crippen LogP contribution in [0, 0.1) is 22.5 Å². The lowest BCUT2D eigenvalue weighted by molar-refractivity contribution is 0.267. The van der Waals surface area contributed by atoms with Crippen molar-refractivity contribution in [2.45, 2.75) is 20.3 Å². The first-order valence-electron chi connectivity index (χ1n) is 5.25. The Morgan fingerprint density at radius 2 is 2.00 bits per heavy atom. The van der Waals surface area contributed by atoms with Crippen LogP contribution in [0.5, 0.6) is 5.75 Å². The van der Waals surface area contributed by atoms with Crippen LogP contribution in [0.4, 0.5) is 8.78 Å². The number of nitrogens with two attached hydrogens (primary N) is 1. The molecule has 0 unspecified atom stereocenters. The second kappa shape index (κ2) is 5.12. The largest absolute Gasteiger partial charge is 0.493 e. The average molecular weight is 242 g/mol. The van der Waals surface area contributed by atoms with Crippen LogP contribution in [-0.2, 0) is 0 Å². The average Bonchev–Trinajstić information content (AvgIpc) is 2.23. The van der Waals surface area contributed by atoms with Crippen LogP contribution < -0.4 is 10.5 Å². The van der Waals surface area contributed by atoms with Gasteiger partial charge in [0.25, 0.3) is 0 Å². The van der Waals surface area contributed by atoms with Gasteiger partial charge in [0, 0.05) is 11.5 Å². The van der Waals surface area contributed by atoms with Crippen LogP contribution in [0.3, 0.4) is 0 Å². The number of amidine groups is 1. The normalized spacial score (nSPS) is 11.3. The van der Waals surface area contributed by atoms with E-state index in [1.54, 1.807) is 0 Å². The summed E-state index contributed by atoms with van der Waals surface area (Å²) in [5, 5.41) is 7.36. The van der Waals surface area contributed by atoms with Crippen molar-refractivity contribution in [3.05, 3.63) is 29.8 Å². The fourth-order valence-corrected chi connectivity index (χ4v) is 1.13. The van der Waals surface area contributed by atoms with Crippen molar-refractivity contribution in [1.82, 2.24) is 0 Å². The van der Waals surface area contributed by atoms with Crippen molar-refractivity contribution in [2.75, 3.05) is 6.61 Å². The summed E-state index contributed by atoms with van der Waals surface area (Å²) in [6.07, 6.45) is 0.529. The van der Waals surface area contributed by atoms with E-state index in [0.717, 1.165) is 12.1 Å². The van der Waals surface area contributed by atoms with E-state index < -0.39 is 17.0 Å². The van der Waals surface area contributed by atoms with Gasteiger partial charge in [0.1, 0.15) is 5.75 Å². The van der Waals surface area contributed by atoms with Crippen molar-refractivity contribution >= 4 is 5.84 Å². The summed E-state index contributed by atoms with van der Waals surface area (Å²) in [5.41, 5.74) is 4.95. The third kappa shape index (κ3) is 3.69. The number of hydrogen-bond acceptors (Lipinski definition) is 2. The van der Waals surface area contributed by atoms with E-state index in [0.29, 0.717) is 6.42 Å². The predicted molar refractivity (Wildman–Crippen MR) is 62.2 cm³/mol. The molecule has 1 aromatic carbocycles. The number of halogens is 2. The summed E-state index contributed by atoms with van der Waals surface area (Å²) in [6.45, 7) is 3.94. The van der Waals surface area contributed by atoms with Gasteiger partial charge in [-0.3, -0.25) is 5.41 Å². The predicted octanol–water partition coefficient (Wildman–Crippen LogP) is 2.70. The molecule has 0 saturated heterocycles. The van der Waals surface area contributed by atoms with E-state index in [9.17, 15) is 8.78 Å². The molecule has 3 N–H and O–H groups in total. The maximum absolute atomic E-state index is 12.9. The minimum atomic E-state index is -0.937. The minimum Gasteiger partial charge on any atom is -0.493 e. The van der Waals surface area contributed by atoms with Crippen molar-refractivity contribution in [2.24, 2.45) is 11.1 Å². The molecule has 0 amide bonds. The highest BCUT2D eigenvalue weighted by molar-refractivity contribution is 5.82. The Bertz CT molecular complexity index is 419. The number of rotatable bonds is 5. The molecule has 0 heterocycles. The molecular formula is C12H16F2N2O. The molecule has 17 heavy (non-hydrogen) atoms. The lowest BCUT2D eigenvalue weighted by atomic mass is 9.88. The Kier molecular flexibility index (Phi) is 4.04. The lowest BCUT2D eigenvalue weighted by Gasteiger charge is -2.22. The topological polar surface area (TPSA) is 59.1 Å². The van der Waals surface area contributed by atoms with Crippen molar-refractivity contribution < 1.29 is 13.5 Å². The first-order chi connectivity index (χ1) is 7.83. The van der Waals surface area contributed by atoms with E-state index >= 15 is 0 Å². The molecule has 5 heteroatoms. The fourth-order valence-electron chi connectivity index (χ4n) is 1.13. The SMILES string of the molecule is CC(C)(CCOc1ccc(F)c(F)c1)C(=N)N. The van der Waals surface area contributed by atoms with E-state index in [4.69, 9.17) is 15.9 Å². The fraction of sp³-hybridized carbons (Fsp3) is 0.417. The van der Waals surface area contributed by atoms with Gasteiger partial charge in [0.15, 0.2) is 11.6 Å². The summed E-state index contributed by atoms with van der Waals surface area (Å²) >= 11 is 0. The van der Waals surface area contributed by atoms with Gasteiger partial charge in [-0.05, 0) is 18.6 Å². The number of ether oxygens (including phenoxy) is 1. The van der Waals surface area contributed by atoms with Crippen LogP contribution in [0.25, 0.3) is 0 Å². The molecule has 0 atom stereocenters. The van der Waals surface area contributed by atoms with Crippen LogP contribution in [0.15, 0.2) is 18.2 Å². The van der Waals surface area contributed by atoms with Gasteiger partial charge in [-0.15, -0.1) is 0 Å². The lowest BCUT2D eigenvalue weighted by Crippen LogP contribution is -2.32. The first kappa shape index (κ1) is 13.4. The molecular weight excluding hydrogens is 226 g/mol. The molecule has 0 aromatic heterocycles. The molecule has 0 spiro atoms. The molecule has 94 valence electrons. The molecule has 0 aliphatic rings. The van der Waals surface area contributed by atoms with Crippen LogP contribution in [-0.4, -0.2) is 12.4 Å². The van der Waals surface area contributed by atoms with Gasteiger partial charge in [-0.2, -0.15) is 0 Å². The highest BCUT2D eigenvalue weighted by Gasteiger charge is 2.21. The maximum Gasteiger partial charge on any atom is 0.162 e. The molecule has 0 radical (unpaired) electrons. The Hall–Kier alpha value is -1.65. The summed E-state index contributed by atoms with van der Waals surface area (Å²) in [6, 6.07) is 3.37. The van der Waals surface area contributed by atoms with Crippen LogP contribution in [0.1, 0.15) is 20.3 Å². The van der Waals surface area contributed by atoms with E-state index in [-0.39, 0.29) is 18.2 Å². The molecule has 0 saturated carbocycles. The van der Waals surface area contributed by atoms with Crippen molar-refractivity contribution in [1.29, 1.82) is 5.41 Å². The van der Waals surface area contributed by atoms with E-state index in [2.05, 4.69) is 0 Å². The summed E-state index contributed by atoms with van der Waals surface area (Å²) < 4.78 is 30.8. The first-order valence-corrected chi connectivity index (χ1v) is 5.25. The van der Waals surface area contributed by atoms with Gasteiger partial charge in [-0.25, -0.2) is 8.78 Å². The number of benzene rings is 1. The highest BCUT2D eigenvalue weighted by Crippen LogP contribution is 2.21. The maximum atomic E-state index is 12.9. The zero-order chi connectivity index (χ0) is 13.1. The van der Waals surface area contributed by atoms with Gasteiger partial charge >= 0.3 is 0 Å². The number of hydrogen-bond donors (Lipinski definition) is 2. The zero-order valence-electron chi connectivity index (χ0n) is 9.89. The molecule has 0 aliphatic heterocycles. The second-order valence-electron chi connectivity index (χ2n) is 4.47. The quantitative estimate of drug-likeness (QED) is 0.616. The standard InChI is InChI=1S/C12H16F2N2O/c1-12(2,11(15)16)5-6-17-8-3-4-9(13)10(14)7-8/h3-4,7H,5-6H2,1-2H3,(H3,15,16).